The van der Waals surface area contributed by atoms with Crippen LogP contribution in [0.2, 0.25) is 0 Å². The predicted octanol–water partition coefficient (Wildman–Crippen LogP) is 1.85. The van der Waals surface area contributed by atoms with Crippen molar-refractivity contribution < 1.29 is 23.9 Å². The molecule has 0 aromatic heterocycles. The number of hydrogen-bond donors (Lipinski definition) is 1. The van der Waals surface area contributed by atoms with E-state index in [1.165, 1.54) is 14.1 Å². The van der Waals surface area contributed by atoms with Gasteiger partial charge in [0.05, 0.1) is 0 Å². The molecule has 1 aromatic rings. The van der Waals surface area contributed by atoms with Crippen LogP contribution in [0, 0.1) is 0 Å². The van der Waals surface area contributed by atoms with Crippen LogP contribution in [0.15, 0.2) is 30.3 Å². The normalized spacial score (nSPS) is 24.2. The molecule has 0 aliphatic carbocycles. The topological polar surface area (TPSA) is 96.0 Å². The van der Waals surface area contributed by atoms with E-state index in [9.17, 15) is 19.2 Å². The molecule has 1 aromatic carbocycles. The smallest absolute Gasteiger partial charge is 0.417 e. The van der Waals surface area contributed by atoms with E-state index >= 15 is 0 Å². The summed E-state index contributed by atoms with van der Waals surface area (Å²) in [6, 6.07) is 9.00. The molecule has 1 unspecified atom stereocenters. The summed E-state index contributed by atoms with van der Waals surface area (Å²) in [5.41, 5.74) is -1.01. The summed E-state index contributed by atoms with van der Waals surface area (Å²) in [5, 5.41) is 2.77. The Kier molecular flexibility index (Phi) is 5.06. The van der Waals surface area contributed by atoms with Gasteiger partial charge in [0, 0.05) is 14.1 Å². The van der Waals surface area contributed by atoms with Crippen LogP contribution in [0.5, 0.6) is 0 Å². The standard InChI is InChI=1S/C12H14N2O2.C6H9NO3/c1-3-12(9-7-5-4-6-8-9)10(15)14(2)11(16)13-12;1-6(2)4(8)7(3)5(9)10-6/h4-8H,3H2,1-2H3,(H,13,16);1-3H3. The first-order chi connectivity index (χ1) is 12.1. The Balaban J connectivity index is 0.000000209. The number of hydrogen-bond acceptors (Lipinski definition) is 5. The van der Waals surface area contributed by atoms with Gasteiger partial charge in [-0.1, -0.05) is 37.3 Å². The zero-order valence-corrected chi connectivity index (χ0v) is 15.5. The molecule has 5 amide bonds. The number of likely N-dealkylation sites (N-methyl/N-ethyl adjacent to an activating group) is 2. The molecule has 2 heterocycles. The zero-order chi connectivity index (χ0) is 19.7. The number of imide groups is 2. The maximum atomic E-state index is 12.1. The Bertz CT molecular complexity index is 746. The van der Waals surface area contributed by atoms with Gasteiger partial charge in [0.2, 0.25) is 0 Å². The summed E-state index contributed by atoms with van der Waals surface area (Å²) in [6.07, 6.45) is -0.0265. The number of urea groups is 1. The first-order valence-corrected chi connectivity index (χ1v) is 8.23. The molecule has 2 saturated heterocycles. The fourth-order valence-electron chi connectivity index (χ4n) is 2.88. The molecule has 2 fully saturated rings. The fraction of sp³-hybridized carbons (Fsp3) is 0.444. The number of benzene rings is 1. The lowest BCUT2D eigenvalue weighted by Crippen LogP contribution is -2.43. The molecule has 26 heavy (non-hydrogen) atoms. The van der Waals surface area contributed by atoms with Crippen molar-refractivity contribution in [2.45, 2.75) is 38.3 Å². The van der Waals surface area contributed by atoms with Crippen molar-refractivity contribution in [1.82, 2.24) is 15.1 Å². The highest BCUT2D eigenvalue weighted by molar-refractivity contribution is 6.07. The Morgan fingerprint density at radius 3 is 1.85 bits per heavy atom. The van der Waals surface area contributed by atoms with Crippen molar-refractivity contribution in [1.29, 1.82) is 0 Å². The molecule has 8 nitrogen and oxygen atoms in total. The lowest BCUT2D eigenvalue weighted by Gasteiger charge is -2.25. The number of carbonyl (C=O) groups excluding carboxylic acids is 4. The van der Waals surface area contributed by atoms with Crippen LogP contribution in [0.1, 0.15) is 32.8 Å². The van der Waals surface area contributed by atoms with E-state index in [0.29, 0.717) is 6.42 Å². The largest absolute Gasteiger partial charge is 0.433 e. The Labute approximate surface area is 152 Å². The number of amides is 5. The van der Waals surface area contributed by atoms with Crippen LogP contribution >= 0.6 is 0 Å². The molecule has 2 aliphatic rings. The number of cyclic esters (lactones) is 1. The van der Waals surface area contributed by atoms with Crippen LogP contribution in [-0.2, 0) is 19.9 Å². The summed E-state index contributed by atoms with van der Waals surface area (Å²) in [5.74, 6) is -0.483. The first-order valence-electron chi connectivity index (χ1n) is 8.23. The second-order valence-corrected chi connectivity index (χ2v) is 6.66. The average molecular weight is 361 g/mol. The van der Waals surface area contributed by atoms with Crippen LogP contribution < -0.4 is 5.32 Å². The molecule has 1 atom stereocenters. The van der Waals surface area contributed by atoms with E-state index in [4.69, 9.17) is 4.74 Å². The maximum Gasteiger partial charge on any atom is 0.417 e. The Morgan fingerprint density at radius 1 is 0.962 bits per heavy atom. The van der Waals surface area contributed by atoms with Crippen LogP contribution in [0.4, 0.5) is 9.59 Å². The minimum Gasteiger partial charge on any atom is -0.433 e. The SMILES string of the molecule is CCC1(c2ccccc2)NC(=O)N(C)C1=O.CN1C(=O)OC(C)(C)C1=O. The van der Waals surface area contributed by atoms with E-state index in [1.807, 2.05) is 37.3 Å². The lowest BCUT2D eigenvalue weighted by atomic mass is 9.87. The second kappa shape index (κ2) is 6.78. The molecule has 0 radical (unpaired) electrons. The minimum absolute atomic E-state index is 0.189. The van der Waals surface area contributed by atoms with Gasteiger partial charge in [-0.25, -0.2) is 14.5 Å². The first kappa shape index (κ1) is 19.4. The van der Waals surface area contributed by atoms with Gasteiger partial charge in [-0.05, 0) is 25.8 Å². The van der Waals surface area contributed by atoms with Crippen LogP contribution in [-0.4, -0.2) is 53.4 Å². The van der Waals surface area contributed by atoms with Gasteiger partial charge in [0.25, 0.3) is 11.8 Å². The van der Waals surface area contributed by atoms with Crippen LogP contribution in [0.3, 0.4) is 0 Å². The second-order valence-electron chi connectivity index (χ2n) is 6.66. The zero-order valence-electron chi connectivity index (χ0n) is 15.5. The quantitative estimate of drug-likeness (QED) is 0.811. The molecule has 1 N–H and O–H groups in total. The maximum absolute atomic E-state index is 12.1. The fourth-order valence-corrected chi connectivity index (χ4v) is 2.88. The molecule has 8 heteroatoms. The van der Waals surface area contributed by atoms with Crippen molar-refractivity contribution >= 4 is 23.9 Å². The van der Waals surface area contributed by atoms with Crippen molar-refractivity contribution in [3.63, 3.8) is 0 Å². The third-order valence-electron chi connectivity index (χ3n) is 4.53. The van der Waals surface area contributed by atoms with Crippen molar-refractivity contribution in [3.05, 3.63) is 35.9 Å². The van der Waals surface area contributed by atoms with E-state index in [-0.39, 0.29) is 17.8 Å². The summed E-state index contributed by atoms with van der Waals surface area (Å²) in [4.78, 5) is 47.4. The highest BCUT2D eigenvalue weighted by atomic mass is 16.6. The van der Waals surface area contributed by atoms with Crippen LogP contribution in [0.25, 0.3) is 0 Å². The van der Waals surface area contributed by atoms with E-state index in [2.05, 4.69) is 5.32 Å². The summed E-state index contributed by atoms with van der Waals surface area (Å²) >= 11 is 0. The number of carbonyl (C=O) groups is 4. The third-order valence-corrected chi connectivity index (χ3v) is 4.53. The highest BCUT2D eigenvalue weighted by Crippen LogP contribution is 2.31. The molecule has 0 saturated carbocycles. The van der Waals surface area contributed by atoms with Gasteiger partial charge in [0.15, 0.2) is 5.60 Å². The van der Waals surface area contributed by atoms with Gasteiger partial charge >= 0.3 is 12.1 Å². The monoisotopic (exact) mass is 361 g/mol. The van der Waals surface area contributed by atoms with E-state index in [1.54, 1.807) is 13.8 Å². The third kappa shape index (κ3) is 3.14. The number of nitrogens with zero attached hydrogens (tertiary/aromatic N) is 2. The average Bonchev–Trinajstić information content (AvgIpc) is 2.95. The minimum atomic E-state index is -0.966. The van der Waals surface area contributed by atoms with Crippen molar-refractivity contribution in [3.8, 4) is 0 Å². The number of ether oxygens (including phenoxy) is 1. The molecule has 0 bridgehead atoms. The molecular formula is C18H23N3O5. The van der Waals surface area contributed by atoms with Gasteiger partial charge in [-0.3, -0.25) is 14.5 Å². The van der Waals surface area contributed by atoms with Gasteiger partial charge in [-0.2, -0.15) is 0 Å². The molecule has 0 spiro atoms. The number of nitrogens with one attached hydrogen (secondary N) is 1. The highest BCUT2D eigenvalue weighted by Gasteiger charge is 2.49. The van der Waals surface area contributed by atoms with Gasteiger partial charge in [-0.15, -0.1) is 0 Å². The van der Waals surface area contributed by atoms with Crippen molar-refractivity contribution in [2.75, 3.05) is 14.1 Å². The van der Waals surface area contributed by atoms with Gasteiger partial charge in [0.1, 0.15) is 5.54 Å². The number of rotatable bonds is 2. The Morgan fingerprint density at radius 2 is 1.54 bits per heavy atom. The van der Waals surface area contributed by atoms with Gasteiger partial charge < -0.3 is 10.1 Å². The summed E-state index contributed by atoms with van der Waals surface area (Å²) in [6.45, 7) is 5.03. The van der Waals surface area contributed by atoms with E-state index in [0.717, 1.165) is 15.4 Å². The Hall–Kier alpha value is -2.90. The summed E-state index contributed by atoms with van der Waals surface area (Å²) in [7, 11) is 2.90. The lowest BCUT2D eigenvalue weighted by molar-refractivity contribution is -0.134. The predicted molar refractivity (Wildman–Crippen MR) is 93.0 cm³/mol. The molecule has 140 valence electrons. The molecule has 3 rings (SSSR count). The summed E-state index contributed by atoms with van der Waals surface area (Å²) < 4.78 is 4.71. The van der Waals surface area contributed by atoms with E-state index < -0.39 is 17.2 Å². The molecular weight excluding hydrogens is 338 g/mol. The van der Waals surface area contributed by atoms with Crippen molar-refractivity contribution in [2.24, 2.45) is 0 Å². The molecule has 2 aliphatic heterocycles.